The maximum Gasteiger partial charge on any atom is 0.417 e. The molecule has 0 heterocycles. The van der Waals surface area contributed by atoms with E-state index in [-0.39, 0.29) is 0 Å². The second-order valence-electron chi connectivity index (χ2n) is 4.06. The number of hydrogen-bond acceptors (Lipinski definition) is 3. The fourth-order valence-electron chi connectivity index (χ4n) is 1.53. The molecule has 1 N–H and O–H groups in total. The molecular weight excluding hydrogens is 266 g/mol. The van der Waals surface area contributed by atoms with Crippen LogP contribution in [-0.2, 0) is 0 Å². The minimum Gasteiger partial charge on any atom is -0.497 e. The van der Waals surface area contributed by atoms with Crippen LogP contribution >= 0.6 is 0 Å². The predicted molar refractivity (Wildman–Crippen MR) is 85.2 cm³/mol. The van der Waals surface area contributed by atoms with Gasteiger partial charge in [0.15, 0.2) is 0 Å². The summed E-state index contributed by atoms with van der Waals surface area (Å²) in [6, 6.07) is 14.3. The molecule has 0 unspecified atom stereocenters. The monoisotopic (exact) mass is 287 g/mol. The van der Waals surface area contributed by atoms with Crippen LogP contribution in [0.4, 0.5) is 10.5 Å². The molecule has 0 aliphatic rings. The van der Waals surface area contributed by atoms with E-state index in [9.17, 15) is 4.79 Å². The molecular formula is C17H21NO3. The minimum atomic E-state index is -0.519. The number of anilines is 1. The van der Waals surface area contributed by atoms with Crippen molar-refractivity contribution < 1.29 is 14.3 Å². The molecule has 0 saturated heterocycles. The van der Waals surface area contributed by atoms with Gasteiger partial charge in [0.25, 0.3) is 0 Å². The van der Waals surface area contributed by atoms with Crippen molar-refractivity contribution in [1.29, 1.82) is 0 Å². The van der Waals surface area contributed by atoms with Gasteiger partial charge in [0, 0.05) is 5.69 Å². The Bertz CT molecular complexity index is 547. The zero-order valence-corrected chi connectivity index (χ0v) is 12.8. The molecule has 1 amide bonds. The van der Waals surface area contributed by atoms with E-state index in [1.165, 1.54) is 0 Å². The van der Waals surface area contributed by atoms with E-state index in [0.717, 1.165) is 5.56 Å². The molecule has 4 nitrogen and oxygen atoms in total. The van der Waals surface area contributed by atoms with Crippen LogP contribution in [0.3, 0.4) is 0 Å². The number of carbonyl (C=O) groups is 1. The average molecular weight is 287 g/mol. The number of benzene rings is 2. The van der Waals surface area contributed by atoms with Crippen LogP contribution in [0, 0.1) is 6.92 Å². The minimum absolute atomic E-state index is 0.463. The summed E-state index contributed by atoms with van der Waals surface area (Å²) in [7, 11) is 1.58. The maximum absolute atomic E-state index is 11.7. The summed E-state index contributed by atoms with van der Waals surface area (Å²) in [6.07, 6.45) is -0.519. The van der Waals surface area contributed by atoms with Crippen LogP contribution < -0.4 is 14.8 Å². The Labute approximate surface area is 125 Å². The van der Waals surface area contributed by atoms with Gasteiger partial charge in [-0.2, -0.15) is 0 Å². The third-order valence-corrected chi connectivity index (χ3v) is 2.57. The fourth-order valence-corrected chi connectivity index (χ4v) is 1.53. The smallest absolute Gasteiger partial charge is 0.417 e. The Morgan fingerprint density at radius 3 is 1.95 bits per heavy atom. The lowest BCUT2D eigenvalue weighted by Crippen LogP contribution is -2.16. The first-order valence-corrected chi connectivity index (χ1v) is 6.87. The Morgan fingerprint density at radius 1 is 0.905 bits per heavy atom. The molecule has 0 fully saturated rings. The summed E-state index contributed by atoms with van der Waals surface area (Å²) in [5, 5.41) is 2.65. The van der Waals surface area contributed by atoms with Crippen LogP contribution in [0.15, 0.2) is 48.5 Å². The number of aryl methyl sites for hydroxylation is 1. The quantitative estimate of drug-likeness (QED) is 0.894. The lowest BCUT2D eigenvalue weighted by Gasteiger charge is -2.07. The molecule has 0 aliphatic carbocycles. The van der Waals surface area contributed by atoms with E-state index in [1.807, 2.05) is 45.0 Å². The standard InChI is InChI=1S/C15H15NO3.C2H6/c1-11-3-5-12(6-4-11)16-15(17)19-14-9-7-13(18-2)8-10-14;1-2/h3-10H,1-2H3,(H,16,17);1-2H3. The van der Waals surface area contributed by atoms with Gasteiger partial charge in [-0.15, -0.1) is 0 Å². The molecule has 0 aromatic heterocycles. The molecule has 112 valence electrons. The van der Waals surface area contributed by atoms with Crippen molar-refractivity contribution >= 4 is 11.8 Å². The van der Waals surface area contributed by atoms with Gasteiger partial charge in [-0.25, -0.2) is 4.79 Å². The number of nitrogens with one attached hydrogen (secondary N) is 1. The lowest BCUT2D eigenvalue weighted by molar-refractivity contribution is 0.215. The van der Waals surface area contributed by atoms with Gasteiger partial charge in [0.05, 0.1) is 7.11 Å². The molecule has 0 spiro atoms. The summed E-state index contributed by atoms with van der Waals surface area (Å²) in [5.41, 5.74) is 1.83. The third-order valence-electron chi connectivity index (χ3n) is 2.57. The Kier molecular flexibility index (Phi) is 6.81. The van der Waals surface area contributed by atoms with Crippen molar-refractivity contribution in [2.24, 2.45) is 0 Å². The number of methoxy groups -OCH3 is 1. The van der Waals surface area contributed by atoms with Crippen molar-refractivity contribution in [3.05, 3.63) is 54.1 Å². The first-order chi connectivity index (χ1) is 10.2. The topological polar surface area (TPSA) is 47.6 Å². The van der Waals surface area contributed by atoms with E-state index < -0.39 is 6.09 Å². The highest BCUT2D eigenvalue weighted by Gasteiger charge is 2.05. The number of rotatable bonds is 3. The SMILES string of the molecule is CC.COc1ccc(OC(=O)Nc2ccc(C)cc2)cc1. The summed E-state index contributed by atoms with van der Waals surface area (Å²) < 4.78 is 10.2. The molecule has 4 heteroatoms. The van der Waals surface area contributed by atoms with Gasteiger partial charge in [-0.1, -0.05) is 31.5 Å². The van der Waals surface area contributed by atoms with E-state index in [0.29, 0.717) is 17.2 Å². The molecule has 0 aliphatic heterocycles. The van der Waals surface area contributed by atoms with E-state index in [2.05, 4.69) is 5.32 Å². The van der Waals surface area contributed by atoms with E-state index in [1.54, 1.807) is 31.4 Å². The lowest BCUT2D eigenvalue weighted by atomic mass is 10.2. The Hall–Kier alpha value is -2.49. The van der Waals surface area contributed by atoms with Crippen molar-refractivity contribution in [2.75, 3.05) is 12.4 Å². The summed E-state index contributed by atoms with van der Waals surface area (Å²) in [6.45, 7) is 5.99. The van der Waals surface area contributed by atoms with Gasteiger partial charge >= 0.3 is 6.09 Å². The molecule has 0 saturated carbocycles. The second kappa shape index (κ2) is 8.64. The zero-order valence-electron chi connectivity index (χ0n) is 12.8. The molecule has 2 aromatic rings. The molecule has 2 rings (SSSR count). The number of carbonyl (C=O) groups excluding carboxylic acids is 1. The number of hydrogen-bond donors (Lipinski definition) is 1. The second-order valence-corrected chi connectivity index (χ2v) is 4.06. The first kappa shape index (κ1) is 16.6. The van der Waals surface area contributed by atoms with Gasteiger partial charge < -0.3 is 9.47 Å². The third kappa shape index (κ3) is 5.57. The normalized spacial score (nSPS) is 9.14. The van der Waals surface area contributed by atoms with Crippen molar-refractivity contribution in [1.82, 2.24) is 0 Å². The summed E-state index contributed by atoms with van der Waals surface area (Å²) in [5.74, 6) is 1.18. The van der Waals surface area contributed by atoms with Crippen LogP contribution in [0.25, 0.3) is 0 Å². The molecule has 0 radical (unpaired) electrons. The highest BCUT2D eigenvalue weighted by atomic mass is 16.6. The number of ether oxygens (including phenoxy) is 2. The number of amides is 1. The largest absolute Gasteiger partial charge is 0.497 e. The van der Waals surface area contributed by atoms with Gasteiger partial charge in [-0.3, -0.25) is 5.32 Å². The van der Waals surface area contributed by atoms with Crippen LogP contribution in [-0.4, -0.2) is 13.2 Å². The van der Waals surface area contributed by atoms with Crippen LogP contribution in [0.2, 0.25) is 0 Å². The molecule has 0 atom stereocenters. The highest BCUT2D eigenvalue weighted by molar-refractivity contribution is 5.86. The van der Waals surface area contributed by atoms with Crippen molar-refractivity contribution in [3.8, 4) is 11.5 Å². The van der Waals surface area contributed by atoms with Crippen LogP contribution in [0.5, 0.6) is 11.5 Å². The van der Waals surface area contributed by atoms with E-state index in [4.69, 9.17) is 9.47 Å². The Balaban J connectivity index is 0.00000106. The molecule has 0 bridgehead atoms. The van der Waals surface area contributed by atoms with Gasteiger partial charge in [0.2, 0.25) is 0 Å². The first-order valence-electron chi connectivity index (χ1n) is 6.87. The zero-order chi connectivity index (χ0) is 15.7. The van der Waals surface area contributed by atoms with Gasteiger partial charge in [0.1, 0.15) is 11.5 Å². The fraction of sp³-hybridized carbons (Fsp3) is 0.235. The molecule has 21 heavy (non-hydrogen) atoms. The Morgan fingerprint density at radius 2 is 1.43 bits per heavy atom. The summed E-state index contributed by atoms with van der Waals surface area (Å²) >= 11 is 0. The van der Waals surface area contributed by atoms with E-state index >= 15 is 0 Å². The average Bonchev–Trinajstić information content (AvgIpc) is 2.52. The highest BCUT2D eigenvalue weighted by Crippen LogP contribution is 2.17. The van der Waals surface area contributed by atoms with Crippen LogP contribution in [0.1, 0.15) is 19.4 Å². The maximum atomic E-state index is 11.7. The van der Waals surface area contributed by atoms with Crippen molar-refractivity contribution in [3.63, 3.8) is 0 Å². The van der Waals surface area contributed by atoms with Gasteiger partial charge in [-0.05, 0) is 43.3 Å². The van der Waals surface area contributed by atoms with Crippen molar-refractivity contribution in [2.45, 2.75) is 20.8 Å². The summed E-state index contributed by atoms with van der Waals surface area (Å²) in [4.78, 5) is 11.7. The predicted octanol–water partition coefficient (Wildman–Crippen LogP) is 4.64. The molecule has 2 aromatic carbocycles.